The van der Waals surface area contributed by atoms with Crippen molar-refractivity contribution in [3.63, 3.8) is 0 Å². The topological polar surface area (TPSA) is 40.1 Å². The number of likely N-dealkylation sites (tertiary alicyclic amines) is 1. The van der Waals surface area contributed by atoms with Crippen LogP contribution in [0.25, 0.3) is 0 Å². The van der Waals surface area contributed by atoms with Gasteiger partial charge in [-0.05, 0) is 45.0 Å². The molecule has 0 saturated carbocycles. The molecule has 1 aromatic rings. The van der Waals surface area contributed by atoms with Gasteiger partial charge in [-0.15, -0.1) is 0 Å². The lowest BCUT2D eigenvalue weighted by atomic mass is 10.1. The first-order chi connectivity index (χ1) is 11.6. The largest absolute Gasteiger partial charge is 0.378 e. The van der Waals surface area contributed by atoms with E-state index in [9.17, 15) is 0 Å². The molecule has 0 radical (unpaired) electrons. The lowest BCUT2D eigenvalue weighted by molar-refractivity contribution is 0.0263. The normalized spacial score (nSPS) is 16.7. The highest BCUT2D eigenvalue weighted by Crippen LogP contribution is 2.14. The second kappa shape index (κ2) is 9.64. The Hall–Kier alpha value is -1.59. The summed E-state index contributed by atoms with van der Waals surface area (Å²) in [5.41, 5.74) is 2.62. The van der Waals surface area contributed by atoms with E-state index in [1.807, 2.05) is 7.05 Å². The number of hydrogen-bond donors (Lipinski definition) is 1. The SMILES string of the molecule is CCOC1CCN(C(=NC)NCc2ccc(CN(C)C)cc2)CC1. The van der Waals surface area contributed by atoms with E-state index in [0.717, 1.165) is 51.6 Å². The Morgan fingerprint density at radius 2 is 1.83 bits per heavy atom. The Balaban J connectivity index is 1.81. The van der Waals surface area contributed by atoms with Gasteiger partial charge in [0.2, 0.25) is 0 Å². The molecule has 1 N–H and O–H groups in total. The molecular formula is C19H32N4O. The molecule has 0 spiro atoms. The summed E-state index contributed by atoms with van der Waals surface area (Å²) < 4.78 is 5.72. The van der Waals surface area contributed by atoms with Crippen LogP contribution in [0.3, 0.4) is 0 Å². The molecular weight excluding hydrogens is 300 g/mol. The standard InChI is InChI=1S/C19H32N4O/c1-5-24-18-10-12-23(13-11-18)19(20-2)21-14-16-6-8-17(9-7-16)15-22(3)4/h6-9,18H,5,10-15H2,1-4H3,(H,20,21). The molecule has 5 heteroatoms. The molecule has 1 fully saturated rings. The maximum absolute atomic E-state index is 5.72. The summed E-state index contributed by atoms with van der Waals surface area (Å²) in [6, 6.07) is 8.79. The number of guanidine groups is 1. The van der Waals surface area contributed by atoms with Crippen LogP contribution in [0.2, 0.25) is 0 Å². The fourth-order valence-corrected chi connectivity index (χ4v) is 3.11. The van der Waals surface area contributed by atoms with Gasteiger partial charge < -0.3 is 19.9 Å². The van der Waals surface area contributed by atoms with Crippen LogP contribution in [0, 0.1) is 0 Å². The molecule has 5 nitrogen and oxygen atoms in total. The van der Waals surface area contributed by atoms with E-state index >= 15 is 0 Å². The van der Waals surface area contributed by atoms with Crippen molar-refractivity contribution in [2.24, 2.45) is 4.99 Å². The number of hydrogen-bond acceptors (Lipinski definition) is 3. The number of piperidine rings is 1. The van der Waals surface area contributed by atoms with Crippen LogP contribution < -0.4 is 5.32 Å². The van der Waals surface area contributed by atoms with Crippen molar-refractivity contribution in [3.8, 4) is 0 Å². The van der Waals surface area contributed by atoms with Crippen LogP contribution in [-0.4, -0.2) is 62.7 Å². The zero-order chi connectivity index (χ0) is 17.4. The number of benzene rings is 1. The molecule has 0 aromatic heterocycles. The van der Waals surface area contributed by atoms with Crippen molar-refractivity contribution in [3.05, 3.63) is 35.4 Å². The number of aliphatic imine (C=N–C) groups is 1. The highest BCUT2D eigenvalue weighted by molar-refractivity contribution is 5.79. The van der Waals surface area contributed by atoms with E-state index in [1.54, 1.807) is 0 Å². The third-order valence-corrected chi connectivity index (χ3v) is 4.33. The van der Waals surface area contributed by atoms with Gasteiger partial charge in [-0.25, -0.2) is 0 Å². The molecule has 0 bridgehead atoms. The predicted octanol–water partition coefficient (Wildman–Crippen LogP) is 2.32. The average Bonchev–Trinajstić information content (AvgIpc) is 2.58. The molecule has 134 valence electrons. The number of nitrogens with zero attached hydrogens (tertiary/aromatic N) is 3. The summed E-state index contributed by atoms with van der Waals surface area (Å²) in [6.45, 7) is 6.67. The van der Waals surface area contributed by atoms with Crippen molar-refractivity contribution >= 4 is 5.96 Å². The fraction of sp³-hybridized carbons (Fsp3) is 0.632. The van der Waals surface area contributed by atoms with Gasteiger partial charge in [0.25, 0.3) is 0 Å². The Kier molecular flexibility index (Phi) is 7.53. The molecule has 0 amide bonds. The molecule has 1 aliphatic heterocycles. The van der Waals surface area contributed by atoms with Gasteiger partial charge in [0.1, 0.15) is 0 Å². The molecule has 2 rings (SSSR count). The van der Waals surface area contributed by atoms with E-state index in [4.69, 9.17) is 4.74 Å². The minimum absolute atomic E-state index is 0.411. The number of rotatable bonds is 6. The summed E-state index contributed by atoms with van der Waals surface area (Å²) in [6.07, 6.45) is 2.57. The highest BCUT2D eigenvalue weighted by atomic mass is 16.5. The Morgan fingerprint density at radius 3 is 2.38 bits per heavy atom. The third kappa shape index (κ3) is 5.80. The van der Waals surface area contributed by atoms with Gasteiger partial charge >= 0.3 is 0 Å². The minimum Gasteiger partial charge on any atom is -0.378 e. The maximum Gasteiger partial charge on any atom is 0.193 e. The van der Waals surface area contributed by atoms with Gasteiger partial charge in [-0.3, -0.25) is 4.99 Å². The first-order valence-electron chi connectivity index (χ1n) is 8.92. The second-order valence-corrected chi connectivity index (χ2v) is 6.60. The predicted molar refractivity (Wildman–Crippen MR) is 100 cm³/mol. The quantitative estimate of drug-likeness (QED) is 0.641. The molecule has 0 unspecified atom stereocenters. The van der Waals surface area contributed by atoms with E-state index in [0.29, 0.717) is 6.10 Å². The third-order valence-electron chi connectivity index (χ3n) is 4.33. The summed E-state index contributed by atoms with van der Waals surface area (Å²) in [7, 11) is 6.04. The molecule has 1 saturated heterocycles. The van der Waals surface area contributed by atoms with Crippen LogP contribution in [-0.2, 0) is 17.8 Å². The summed E-state index contributed by atoms with van der Waals surface area (Å²) in [5, 5.41) is 3.49. The zero-order valence-electron chi connectivity index (χ0n) is 15.6. The van der Waals surface area contributed by atoms with E-state index < -0.39 is 0 Å². The van der Waals surface area contributed by atoms with Crippen molar-refractivity contribution in [2.45, 2.75) is 39.0 Å². The van der Waals surface area contributed by atoms with Crippen LogP contribution in [0.5, 0.6) is 0 Å². The molecule has 1 aromatic carbocycles. The molecule has 24 heavy (non-hydrogen) atoms. The molecule has 1 heterocycles. The van der Waals surface area contributed by atoms with Crippen LogP contribution in [0.15, 0.2) is 29.3 Å². The Bertz CT molecular complexity index is 505. The lowest BCUT2D eigenvalue weighted by Crippen LogP contribution is -2.46. The van der Waals surface area contributed by atoms with Gasteiger partial charge in [0.15, 0.2) is 5.96 Å². The van der Waals surface area contributed by atoms with Crippen LogP contribution in [0.1, 0.15) is 30.9 Å². The van der Waals surface area contributed by atoms with Crippen molar-refractivity contribution in [1.82, 2.24) is 15.1 Å². The summed E-state index contributed by atoms with van der Waals surface area (Å²) in [5.74, 6) is 0.988. The smallest absolute Gasteiger partial charge is 0.193 e. The van der Waals surface area contributed by atoms with Crippen molar-refractivity contribution in [2.75, 3.05) is 40.8 Å². The van der Waals surface area contributed by atoms with E-state index in [1.165, 1.54) is 11.1 Å². The second-order valence-electron chi connectivity index (χ2n) is 6.60. The first kappa shape index (κ1) is 18.7. The van der Waals surface area contributed by atoms with E-state index in [-0.39, 0.29) is 0 Å². The summed E-state index contributed by atoms with van der Waals surface area (Å²) >= 11 is 0. The highest BCUT2D eigenvalue weighted by Gasteiger charge is 2.21. The molecule has 0 atom stereocenters. The van der Waals surface area contributed by atoms with Crippen molar-refractivity contribution in [1.29, 1.82) is 0 Å². The van der Waals surface area contributed by atoms with Gasteiger partial charge in [-0.2, -0.15) is 0 Å². The zero-order valence-corrected chi connectivity index (χ0v) is 15.6. The minimum atomic E-state index is 0.411. The van der Waals surface area contributed by atoms with E-state index in [2.05, 4.69) is 65.4 Å². The fourth-order valence-electron chi connectivity index (χ4n) is 3.11. The maximum atomic E-state index is 5.72. The lowest BCUT2D eigenvalue weighted by Gasteiger charge is -2.34. The van der Waals surface area contributed by atoms with Gasteiger partial charge in [-0.1, -0.05) is 24.3 Å². The van der Waals surface area contributed by atoms with Crippen molar-refractivity contribution < 1.29 is 4.74 Å². The molecule has 0 aliphatic carbocycles. The van der Waals surface area contributed by atoms with Gasteiger partial charge in [0, 0.05) is 39.8 Å². The van der Waals surface area contributed by atoms with Crippen LogP contribution in [0.4, 0.5) is 0 Å². The first-order valence-corrected chi connectivity index (χ1v) is 8.92. The number of ether oxygens (including phenoxy) is 1. The number of nitrogens with one attached hydrogen (secondary N) is 1. The Labute approximate surface area is 146 Å². The Morgan fingerprint density at radius 1 is 1.21 bits per heavy atom. The average molecular weight is 332 g/mol. The van der Waals surface area contributed by atoms with Gasteiger partial charge in [0.05, 0.1) is 6.10 Å². The summed E-state index contributed by atoms with van der Waals surface area (Å²) in [4.78, 5) is 8.95. The van der Waals surface area contributed by atoms with Crippen LogP contribution >= 0.6 is 0 Å². The molecule has 1 aliphatic rings. The monoisotopic (exact) mass is 332 g/mol.